The molecule has 0 amide bonds. The molecule has 0 saturated carbocycles. The van der Waals surface area contributed by atoms with Crippen LogP contribution in [-0.4, -0.2) is 11.7 Å². The Morgan fingerprint density at radius 1 is 1.82 bits per heavy atom. The average molecular weight is 196 g/mol. The van der Waals surface area contributed by atoms with Crippen molar-refractivity contribution in [1.82, 2.24) is 0 Å². The van der Waals surface area contributed by atoms with E-state index < -0.39 is 0 Å². The summed E-state index contributed by atoms with van der Waals surface area (Å²) in [5.74, 6) is 0. The van der Waals surface area contributed by atoms with E-state index in [1.165, 1.54) is 0 Å². The van der Waals surface area contributed by atoms with Crippen LogP contribution < -0.4 is 29.6 Å². The molecule has 11 heavy (non-hydrogen) atoms. The zero-order chi connectivity index (χ0) is 7.40. The van der Waals surface area contributed by atoms with E-state index in [0.29, 0.717) is 11.7 Å². The van der Waals surface area contributed by atoms with Crippen molar-refractivity contribution in [2.24, 2.45) is 0 Å². The average Bonchev–Trinajstić information content (AvgIpc) is 2.38. The summed E-state index contributed by atoms with van der Waals surface area (Å²) in [6.45, 7) is 2.58. The fourth-order valence-electron chi connectivity index (χ4n) is 0.595. The third kappa shape index (κ3) is 3.67. The van der Waals surface area contributed by atoms with Gasteiger partial charge < -0.3 is 6.16 Å². The first-order valence-corrected chi connectivity index (χ1v) is 4.39. The summed E-state index contributed by atoms with van der Waals surface area (Å²) >= 11 is 6.58. The Kier molecular flexibility index (Phi) is 6.47. The summed E-state index contributed by atoms with van der Waals surface area (Å²) in [5, 5.41) is 4.57. The van der Waals surface area contributed by atoms with Crippen LogP contribution in [0.3, 0.4) is 0 Å². The topological polar surface area (TPSA) is 9.23 Å². The van der Waals surface area contributed by atoms with Gasteiger partial charge in [-0.15, -0.1) is 0 Å². The zero-order valence-corrected chi connectivity index (χ0v) is 10.3. The zero-order valence-electron chi connectivity index (χ0n) is 7.66. The van der Waals surface area contributed by atoms with E-state index >= 15 is 0 Å². The van der Waals surface area contributed by atoms with Gasteiger partial charge in [0.05, 0.1) is 6.61 Å². The molecule has 0 N–H and O–H groups in total. The van der Waals surface area contributed by atoms with Crippen LogP contribution in [0.15, 0.2) is 16.8 Å². The van der Waals surface area contributed by atoms with Crippen molar-refractivity contribution >= 4 is 28.6 Å². The summed E-state index contributed by atoms with van der Waals surface area (Å²) in [4.78, 5) is 0. The maximum atomic E-state index is 5.12. The number of thiophene rings is 1. The van der Waals surface area contributed by atoms with E-state index in [4.69, 9.17) is 17.0 Å². The first kappa shape index (κ1) is 11.6. The van der Waals surface area contributed by atoms with Crippen molar-refractivity contribution in [3.05, 3.63) is 22.4 Å². The molecular weight excluding hydrogens is 187 g/mol. The molecule has 0 aliphatic rings. The minimum absolute atomic E-state index is 0. The summed E-state index contributed by atoms with van der Waals surface area (Å²) in [7, 11) is 0. The van der Waals surface area contributed by atoms with Gasteiger partial charge in [-0.2, -0.15) is 11.3 Å². The van der Waals surface area contributed by atoms with E-state index in [0.717, 1.165) is 5.56 Å². The molecule has 0 radical (unpaired) electrons. The van der Waals surface area contributed by atoms with E-state index in [9.17, 15) is 0 Å². The number of thiocarbonyl (C=S) groups is 1. The molecule has 0 aliphatic carbocycles. The fourth-order valence-corrected chi connectivity index (χ4v) is 1.55. The predicted octanol–water partition coefficient (Wildman–Crippen LogP) is -0.423. The van der Waals surface area contributed by atoms with Gasteiger partial charge in [0.1, 0.15) is 0 Å². The molecule has 4 heteroatoms. The van der Waals surface area contributed by atoms with Crippen molar-refractivity contribution in [1.29, 1.82) is 0 Å². The normalized spacial score (nSPS) is 8.45. The summed E-state index contributed by atoms with van der Waals surface area (Å²) in [5.41, 5.74) is 1.02. The van der Waals surface area contributed by atoms with Gasteiger partial charge in [0.25, 0.3) is 0 Å². The SMILES string of the molecule is CCOC(=S)c1ccsc1.[H-].[Na+]. The van der Waals surface area contributed by atoms with Crippen LogP contribution >= 0.6 is 23.6 Å². The summed E-state index contributed by atoms with van der Waals surface area (Å²) in [6, 6.07) is 1.96. The van der Waals surface area contributed by atoms with Crippen LogP contribution in [0.5, 0.6) is 0 Å². The van der Waals surface area contributed by atoms with Gasteiger partial charge in [0.2, 0.25) is 0 Å². The van der Waals surface area contributed by atoms with Gasteiger partial charge in [-0.3, -0.25) is 0 Å². The van der Waals surface area contributed by atoms with E-state index in [1.54, 1.807) is 11.3 Å². The first-order valence-electron chi connectivity index (χ1n) is 3.04. The van der Waals surface area contributed by atoms with Gasteiger partial charge in [-0.05, 0) is 30.6 Å². The van der Waals surface area contributed by atoms with Gasteiger partial charge in [-0.25, -0.2) is 0 Å². The molecule has 56 valence electrons. The van der Waals surface area contributed by atoms with Gasteiger partial charge in [-0.1, -0.05) is 0 Å². The Morgan fingerprint density at radius 3 is 3.00 bits per heavy atom. The fraction of sp³-hybridized carbons (Fsp3) is 0.286. The molecule has 1 nitrogen and oxygen atoms in total. The first-order chi connectivity index (χ1) is 4.84. The van der Waals surface area contributed by atoms with Crippen LogP contribution in [-0.2, 0) is 4.74 Å². The molecule has 0 aromatic carbocycles. The molecule has 0 bridgehead atoms. The number of hydrogen-bond donors (Lipinski definition) is 0. The second-order valence-corrected chi connectivity index (χ2v) is 2.88. The quantitative estimate of drug-likeness (QED) is 0.469. The monoisotopic (exact) mass is 196 g/mol. The van der Waals surface area contributed by atoms with E-state index in [-0.39, 0.29) is 31.0 Å². The van der Waals surface area contributed by atoms with Crippen LogP contribution in [0, 0.1) is 0 Å². The maximum absolute atomic E-state index is 5.12. The molecule has 0 saturated heterocycles. The molecule has 1 aromatic rings. The Morgan fingerprint density at radius 2 is 2.55 bits per heavy atom. The Hall–Kier alpha value is 0.590. The predicted molar refractivity (Wildman–Crippen MR) is 48.8 cm³/mol. The second kappa shape index (κ2) is 6.14. The maximum Gasteiger partial charge on any atom is 1.00 e. The van der Waals surface area contributed by atoms with Crippen LogP contribution in [0.4, 0.5) is 0 Å². The Balaban J connectivity index is 0. The third-order valence-electron chi connectivity index (χ3n) is 1.03. The Bertz CT molecular complexity index is 213. The van der Waals surface area contributed by atoms with Crippen molar-refractivity contribution in [3.8, 4) is 0 Å². The molecule has 0 atom stereocenters. The van der Waals surface area contributed by atoms with Crippen molar-refractivity contribution in [3.63, 3.8) is 0 Å². The van der Waals surface area contributed by atoms with Gasteiger partial charge in [0.15, 0.2) is 5.05 Å². The smallest absolute Gasteiger partial charge is 1.00 e. The molecule has 0 fully saturated rings. The molecule has 1 aromatic heterocycles. The standard InChI is InChI=1S/C7H8OS2.Na.H/c1-2-8-7(9)6-3-4-10-5-6;;/h3-5H,2H2,1H3;;/q;+1;-1. The number of hydrogen-bond acceptors (Lipinski definition) is 3. The van der Waals surface area contributed by atoms with Crippen molar-refractivity contribution in [2.75, 3.05) is 6.61 Å². The van der Waals surface area contributed by atoms with E-state index in [2.05, 4.69) is 0 Å². The van der Waals surface area contributed by atoms with Gasteiger partial charge in [0, 0.05) is 10.9 Å². The molecule has 1 heterocycles. The van der Waals surface area contributed by atoms with Crippen LogP contribution in [0.2, 0.25) is 0 Å². The van der Waals surface area contributed by atoms with Crippen LogP contribution in [0.1, 0.15) is 13.9 Å². The van der Waals surface area contributed by atoms with Crippen LogP contribution in [0.25, 0.3) is 0 Å². The second-order valence-electron chi connectivity index (χ2n) is 1.73. The molecule has 0 spiro atoms. The Labute approximate surface area is 99.5 Å². The van der Waals surface area contributed by atoms with Crippen molar-refractivity contribution < 1.29 is 35.7 Å². The minimum Gasteiger partial charge on any atom is -1.00 e. The third-order valence-corrected chi connectivity index (χ3v) is 2.07. The minimum atomic E-state index is 0. The molecule has 1 rings (SSSR count). The van der Waals surface area contributed by atoms with Gasteiger partial charge >= 0.3 is 29.6 Å². The van der Waals surface area contributed by atoms with Crippen molar-refractivity contribution in [2.45, 2.75) is 6.92 Å². The molecular formula is C7H9NaOS2. The summed E-state index contributed by atoms with van der Waals surface area (Å²) in [6.07, 6.45) is 0. The number of ether oxygens (including phenoxy) is 1. The molecule has 0 unspecified atom stereocenters. The largest absolute Gasteiger partial charge is 1.00 e. The number of rotatable bonds is 2. The molecule has 0 aliphatic heterocycles. The summed E-state index contributed by atoms with van der Waals surface area (Å²) < 4.78 is 5.12. The van der Waals surface area contributed by atoms with E-state index in [1.807, 2.05) is 23.8 Å².